The van der Waals surface area contributed by atoms with Gasteiger partial charge in [0, 0.05) is 37.0 Å². The fourth-order valence-corrected chi connectivity index (χ4v) is 4.10. The number of piperidine rings is 1. The van der Waals surface area contributed by atoms with Gasteiger partial charge in [0.25, 0.3) is 5.91 Å². The molecule has 1 fully saturated rings. The molecule has 4 rings (SSSR count). The number of rotatable bonds is 4. The summed E-state index contributed by atoms with van der Waals surface area (Å²) in [5.41, 5.74) is 3.92. The summed E-state index contributed by atoms with van der Waals surface area (Å²) in [6.45, 7) is 4.05. The number of aliphatic hydroxyl groups is 1. The van der Waals surface area contributed by atoms with Gasteiger partial charge in [0.2, 0.25) is 5.95 Å². The highest BCUT2D eigenvalue weighted by Crippen LogP contribution is 2.30. The number of hydrogen-bond acceptors (Lipinski definition) is 5. The highest BCUT2D eigenvalue weighted by Gasteiger charge is 2.26. The molecule has 2 aliphatic rings. The van der Waals surface area contributed by atoms with Crippen LogP contribution in [0.4, 0.5) is 5.95 Å². The number of benzene rings is 1. The first-order valence-electron chi connectivity index (χ1n) is 10.2. The number of fused-ring (bicyclic) bond motifs is 1. The van der Waals surface area contributed by atoms with Crippen molar-refractivity contribution in [3.8, 4) is 0 Å². The van der Waals surface area contributed by atoms with Crippen molar-refractivity contribution in [2.75, 3.05) is 24.6 Å². The van der Waals surface area contributed by atoms with E-state index in [9.17, 15) is 9.90 Å². The lowest BCUT2D eigenvalue weighted by molar-refractivity contribution is 0.0932. The van der Waals surface area contributed by atoms with Gasteiger partial charge >= 0.3 is 0 Å². The fraction of sp³-hybridized carbons (Fsp3) is 0.500. The number of hydrogen-bond donors (Lipinski definition) is 2. The molecular weight excluding hydrogens is 352 g/mol. The van der Waals surface area contributed by atoms with Crippen molar-refractivity contribution in [2.24, 2.45) is 5.92 Å². The maximum absolute atomic E-state index is 12.6. The van der Waals surface area contributed by atoms with Crippen molar-refractivity contribution >= 4 is 11.9 Å². The van der Waals surface area contributed by atoms with Gasteiger partial charge in [-0.2, -0.15) is 0 Å². The minimum absolute atomic E-state index is 0.0354. The van der Waals surface area contributed by atoms with Crippen LogP contribution >= 0.6 is 0 Å². The molecule has 1 aliphatic heterocycles. The lowest BCUT2D eigenvalue weighted by atomic mass is 9.92. The molecule has 2 aromatic rings. The Morgan fingerprint density at radius 1 is 1.21 bits per heavy atom. The second-order valence-electron chi connectivity index (χ2n) is 7.97. The molecule has 1 aromatic heterocycles. The highest BCUT2D eigenvalue weighted by atomic mass is 16.3. The second kappa shape index (κ2) is 8.27. The normalized spacial score (nSPS) is 19.9. The van der Waals surface area contributed by atoms with Crippen molar-refractivity contribution in [3.05, 3.63) is 52.8 Å². The van der Waals surface area contributed by atoms with Crippen LogP contribution in [0, 0.1) is 12.8 Å². The van der Waals surface area contributed by atoms with Crippen molar-refractivity contribution in [3.63, 3.8) is 0 Å². The smallest absolute Gasteiger partial charge is 0.251 e. The van der Waals surface area contributed by atoms with Gasteiger partial charge in [-0.25, -0.2) is 9.97 Å². The first-order valence-corrected chi connectivity index (χ1v) is 10.2. The zero-order valence-corrected chi connectivity index (χ0v) is 16.4. The Morgan fingerprint density at radius 2 is 1.96 bits per heavy atom. The van der Waals surface area contributed by atoms with Crippen LogP contribution < -0.4 is 10.2 Å². The van der Waals surface area contributed by atoms with Crippen molar-refractivity contribution in [1.29, 1.82) is 0 Å². The maximum Gasteiger partial charge on any atom is 0.251 e. The molecule has 6 heteroatoms. The third-order valence-corrected chi connectivity index (χ3v) is 5.94. The number of anilines is 1. The van der Waals surface area contributed by atoms with Gasteiger partial charge in [-0.15, -0.1) is 0 Å². The predicted molar refractivity (Wildman–Crippen MR) is 108 cm³/mol. The minimum Gasteiger partial charge on any atom is -0.396 e. The number of aliphatic hydroxyl groups excluding tert-OH is 1. The van der Waals surface area contributed by atoms with E-state index < -0.39 is 0 Å². The topological polar surface area (TPSA) is 78.4 Å². The molecule has 1 aliphatic carbocycles. The monoisotopic (exact) mass is 380 g/mol. The highest BCUT2D eigenvalue weighted by molar-refractivity contribution is 5.94. The molecule has 0 unspecified atom stereocenters. The van der Waals surface area contributed by atoms with Crippen LogP contribution in [0.1, 0.15) is 58.9 Å². The zero-order valence-electron chi connectivity index (χ0n) is 16.4. The molecule has 0 bridgehead atoms. The molecule has 148 valence electrons. The molecule has 28 heavy (non-hydrogen) atoms. The average Bonchev–Trinajstić information content (AvgIpc) is 2.74. The van der Waals surface area contributed by atoms with Gasteiger partial charge in [-0.05, 0) is 57.1 Å². The Hall–Kier alpha value is -2.47. The van der Waals surface area contributed by atoms with E-state index in [0.29, 0.717) is 11.5 Å². The average molecular weight is 380 g/mol. The van der Waals surface area contributed by atoms with Gasteiger partial charge in [-0.1, -0.05) is 17.7 Å². The van der Waals surface area contributed by atoms with Crippen LogP contribution in [-0.2, 0) is 6.42 Å². The predicted octanol–water partition coefficient (Wildman–Crippen LogP) is 2.80. The standard InChI is InChI=1S/C22H28N4O2/c1-15-5-7-17(8-6-15)21(28)24-19-3-2-4-20-18(19)13-23-22(25-20)26-11-9-16(14-27)10-12-26/h5-8,13,16,19,27H,2-4,9-12,14H2,1H3,(H,24,28)/t19-/m1/s1. The van der Waals surface area contributed by atoms with E-state index in [2.05, 4.69) is 15.2 Å². The Bertz CT molecular complexity index is 829. The Labute approximate surface area is 166 Å². The van der Waals surface area contributed by atoms with E-state index in [0.717, 1.165) is 68.0 Å². The van der Waals surface area contributed by atoms with Gasteiger partial charge in [0.1, 0.15) is 0 Å². The van der Waals surface area contributed by atoms with Crippen LogP contribution in [0.2, 0.25) is 0 Å². The number of nitrogens with zero attached hydrogens (tertiary/aromatic N) is 3. The van der Waals surface area contributed by atoms with Gasteiger partial charge in [0.05, 0.1) is 11.7 Å². The molecule has 2 N–H and O–H groups in total. The van der Waals surface area contributed by atoms with E-state index in [1.54, 1.807) is 0 Å². The zero-order chi connectivity index (χ0) is 19.5. The summed E-state index contributed by atoms with van der Waals surface area (Å²) in [5.74, 6) is 1.13. The van der Waals surface area contributed by atoms with E-state index in [1.165, 1.54) is 0 Å². The number of aromatic nitrogens is 2. The number of amides is 1. The summed E-state index contributed by atoms with van der Waals surface area (Å²) in [7, 11) is 0. The summed E-state index contributed by atoms with van der Waals surface area (Å²) in [6, 6.07) is 7.61. The summed E-state index contributed by atoms with van der Waals surface area (Å²) in [6.07, 6.45) is 6.70. The van der Waals surface area contributed by atoms with E-state index in [4.69, 9.17) is 4.98 Å². The molecule has 0 radical (unpaired) electrons. The van der Waals surface area contributed by atoms with Crippen LogP contribution in [0.25, 0.3) is 0 Å². The van der Waals surface area contributed by atoms with Crippen LogP contribution in [-0.4, -0.2) is 40.7 Å². The Kier molecular flexibility index (Phi) is 5.57. The maximum atomic E-state index is 12.6. The molecular formula is C22H28N4O2. The quantitative estimate of drug-likeness (QED) is 0.853. The second-order valence-corrected chi connectivity index (χ2v) is 7.97. The molecule has 0 saturated carbocycles. The lowest BCUT2D eigenvalue weighted by Crippen LogP contribution is -2.36. The van der Waals surface area contributed by atoms with Gasteiger partial charge in [0.15, 0.2) is 0 Å². The summed E-state index contributed by atoms with van der Waals surface area (Å²) in [4.78, 5) is 24.3. The fourth-order valence-electron chi connectivity index (χ4n) is 4.10. The first kappa shape index (κ1) is 18.9. The Balaban J connectivity index is 1.47. The largest absolute Gasteiger partial charge is 0.396 e. The molecule has 1 atom stereocenters. The molecule has 2 heterocycles. The van der Waals surface area contributed by atoms with Gasteiger partial charge < -0.3 is 15.3 Å². The van der Waals surface area contributed by atoms with Crippen molar-refractivity contribution in [2.45, 2.75) is 45.1 Å². The number of aryl methyl sites for hydroxylation is 2. The number of nitrogens with one attached hydrogen (secondary N) is 1. The summed E-state index contributed by atoms with van der Waals surface area (Å²) >= 11 is 0. The van der Waals surface area contributed by atoms with E-state index >= 15 is 0 Å². The molecule has 0 spiro atoms. The summed E-state index contributed by atoms with van der Waals surface area (Å²) in [5, 5.41) is 12.5. The van der Waals surface area contributed by atoms with Crippen molar-refractivity contribution in [1.82, 2.24) is 15.3 Å². The number of carbonyl (C=O) groups is 1. The summed E-state index contributed by atoms with van der Waals surface area (Å²) < 4.78 is 0. The number of carbonyl (C=O) groups excluding carboxylic acids is 1. The van der Waals surface area contributed by atoms with Crippen LogP contribution in [0.15, 0.2) is 30.5 Å². The lowest BCUT2D eigenvalue weighted by Gasteiger charge is -2.32. The first-order chi connectivity index (χ1) is 13.6. The van der Waals surface area contributed by atoms with E-state index in [1.807, 2.05) is 37.4 Å². The SMILES string of the molecule is Cc1ccc(C(=O)N[C@@H]2CCCc3nc(N4CCC(CO)CC4)ncc32)cc1. The third kappa shape index (κ3) is 4.02. The molecule has 1 saturated heterocycles. The van der Waals surface area contributed by atoms with Crippen LogP contribution in [0.5, 0.6) is 0 Å². The minimum atomic E-state index is -0.0481. The molecule has 1 amide bonds. The van der Waals surface area contributed by atoms with Crippen molar-refractivity contribution < 1.29 is 9.90 Å². The van der Waals surface area contributed by atoms with Crippen LogP contribution in [0.3, 0.4) is 0 Å². The third-order valence-electron chi connectivity index (χ3n) is 5.94. The Morgan fingerprint density at radius 3 is 2.68 bits per heavy atom. The van der Waals surface area contributed by atoms with Gasteiger partial charge in [-0.3, -0.25) is 4.79 Å². The van der Waals surface area contributed by atoms with E-state index in [-0.39, 0.29) is 18.6 Å². The molecule has 6 nitrogen and oxygen atoms in total. The molecule has 1 aromatic carbocycles.